The predicted molar refractivity (Wildman–Crippen MR) is 91.6 cm³/mol. The fourth-order valence-corrected chi connectivity index (χ4v) is 2.12. The van der Waals surface area contributed by atoms with Crippen LogP contribution in [0, 0.1) is 0 Å². The molecule has 2 amide bonds. The Labute approximate surface area is 140 Å². The van der Waals surface area contributed by atoms with Crippen molar-refractivity contribution in [2.45, 2.75) is 6.42 Å². The molecular formula is C18H20N2O4. The summed E-state index contributed by atoms with van der Waals surface area (Å²) in [6.07, 6.45) is 0.174. The van der Waals surface area contributed by atoms with Gasteiger partial charge in [0.2, 0.25) is 5.91 Å². The molecular weight excluding hydrogens is 308 g/mol. The molecule has 24 heavy (non-hydrogen) atoms. The molecule has 2 N–H and O–H groups in total. The van der Waals surface area contributed by atoms with Gasteiger partial charge in [0.05, 0.1) is 14.2 Å². The second-order valence-electron chi connectivity index (χ2n) is 4.99. The van der Waals surface area contributed by atoms with Gasteiger partial charge >= 0.3 is 0 Å². The Morgan fingerprint density at radius 1 is 0.958 bits per heavy atom. The number of carbonyl (C=O) groups excluding carboxylic acids is 2. The summed E-state index contributed by atoms with van der Waals surface area (Å²) >= 11 is 0. The maximum atomic E-state index is 12.0. The zero-order valence-electron chi connectivity index (χ0n) is 13.7. The summed E-state index contributed by atoms with van der Waals surface area (Å²) < 4.78 is 10.3. The van der Waals surface area contributed by atoms with Gasteiger partial charge in [-0.2, -0.15) is 0 Å². The Bertz CT molecular complexity index is 701. The molecule has 0 heterocycles. The summed E-state index contributed by atoms with van der Waals surface area (Å²) in [6, 6.07) is 14.0. The van der Waals surface area contributed by atoms with Crippen molar-refractivity contribution in [3.8, 4) is 11.5 Å². The first-order valence-electron chi connectivity index (χ1n) is 7.49. The zero-order valence-corrected chi connectivity index (χ0v) is 13.7. The first-order chi connectivity index (χ1) is 11.6. The topological polar surface area (TPSA) is 76.7 Å². The maximum absolute atomic E-state index is 12.0. The second kappa shape index (κ2) is 8.57. The number of hydrogen-bond donors (Lipinski definition) is 2. The lowest BCUT2D eigenvalue weighted by Gasteiger charge is -2.11. The normalized spacial score (nSPS) is 9.92. The monoisotopic (exact) mass is 328 g/mol. The van der Waals surface area contributed by atoms with Crippen LogP contribution in [0.2, 0.25) is 0 Å². The van der Waals surface area contributed by atoms with Crippen molar-refractivity contribution in [3.05, 3.63) is 54.1 Å². The lowest BCUT2D eigenvalue weighted by atomic mass is 10.2. The lowest BCUT2D eigenvalue weighted by Crippen LogP contribution is -2.27. The largest absolute Gasteiger partial charge is 0.493 e. The van der Waals surface area contributed by atoms with E-state index in [0.717, 1.165) is 0 Å². The van der Waals surface area contributed by atoms with E-state index in [4.69, 9.17) is 9.47 Å². The summed E-state index contributed by atoms with van der Waals surface area (Å²) in [5, 5.41) is 5.47. The van der Waals surface area contributed by atoms with Crippen LogP contribution in [0.25, 0.3) is 0 Å². The highest BCUT2D eigenvalue weighted by atomic mass is 16.5. The Morgan fingerprint density at radius 2 is 1.67 bits per heavy atom. The molecule has 126 valence electrons. The summed E-state index contributed by atoms with van der Waals surface area (Å²) in [4.78, 5) is 23.8. The van der Waals surface area contributed by atoms with E-state index in [1.807, 2.05) is 6.07 Å². The number of nitrogens with one attached hydrogen (secondary N) is 2. The van der Waals surface area contributed by atoms with E-state index in [2.05, 4.69) is 10.6 Å². The van der Waals surface area contributed by atoms with Crippen LogP contribution >= 0.6 is 0 Å². The van der Waals surface area contributed by atoms with Crippen LogP contribution in [0.1, 0.15) is 16.8 Å². The van der Waals surface area contributed by atoms with Gasteiger partial charge in [0.15, 0.2) is 11.5 Å². The van der Waals surface area contributed by atoms with Crippen molar-refractivity contribution in [2.75, 3.05) is 26.1 Å². The maximum Gasteiger partial charge on any atom is 0.251 e. The molecule has 0 saturated heterocycles. The number of anilines is 1. The van der Waals surface area contributed by atoms with Gasteiger partial charge in [0.1, 0.15) is 0 Å². The minimum absolute atomic E-state index is 0.174. The van der Waals surface area contributed by atoms with Gasteiger partial charge in [-0.05, 0) is 24.3 Å². The van der Waals surface area contributed by atoms with E-state index in [1.54, 1.807) is 49.6 Å². The Balaban J connectivity index is 1.82. The molecule has 2 rings (SSSR count). The molecule has 0 aliphatic rings. The van der Waals surface area contributed by atoms with E-state index in [1.165, 1.54) is 7.11 Å². The quantitative estimate of drug-likeness (QED) is 0.818. The zero-order chi connectivity index (χ0) is 17.4. The molecule has 2 aromatic rings. The molecule has 0 unspecified atom stereocenters. The molecule has 0 atom stereocenters. The van der Waals surface area contributed by atoms with E-state index in [9.17, 15) is 9.59 Å². The Hall–Kier alpha value is -3.02. The molecule has 0 radical (unpaired) electrons. The molecule has 0 fully saturated rings. The van der Waals surface area contributed by atoms with Gasteiger partial charge in [0.25, 0.3) is 5.91 Å². The Kier molecular flexibility index (Phi) is 6.19. The van der Waals surface area contributed by atoms with E-state index in [-0.39, 0.29) is 24.8 Å². The number of amides is 2. The number of carbonyl (C=O) groups is 2. The van der Waals surface area contributed by atoms with Gasteiger partial charge in [-0.15, -0.1) is 0 Å². The highest BCUT2D eigenvalue weighted by Crippen LogP contribution is 2.29. The summed E-state index contributed by atoms with van der Waals surface area (Å²) in [6.45, 7) is 0.257. The van der Waals surface area contributed by atoms with Crippen molar-refractivity contribution in [3.63, 3.8) is 0 Å². The van der Waals surface area contributed by atoms with Gasteiger partial charge in [0, 0.05) is 30.3 Å². The minimum Gasteiger partial charge on any atom is -0.493 e. The smallest absolute Gasteiger partial charge is 0.251 e. The summed E-state index contributed by atoms with van der Waals surface area (Å²) in [5.41, 5.74) is 1.17. The molecule has 6 nitrogen and oxygen atoms in total. The second-order valence-corrected chi connectivity index (χ2v) is 4.99. The summed E-state index contributed by atoms with van der Waals surface area (Å²) in [5.74, 6) is 0.725. The van der Waals surface area contributed by atoms with Gasteiger partial charge in [-0.1, -0.05) is 18.2 Å². The number of methoxy groups -OCH3 is 2. The third-order valence-electron chi connectivity index (χ3n) is 3.34. The fourth-order valence-electron chi connectivity index (χ4n) is 2.12. The average molecular weight is 328 g/mol. The molecule has 0 aliphatic carbocycles. The molecule has 6 heteroatoms. The van der Waals surface area contributed by atoms with Crippen molar-refractivity contribution >= 4 is 17.5 Å². The molecule has 0 aliphatic heterocycles. The van der Waals surface area contributed by atoms with Crippen LogP contribution in [0.3, 0.4) is 0 Å². The number of ether oxygens (including phenoxy) is 2. The van der Waals surface area contributed by atoms with Crippen LogP contribution in [0.15, 0.2) is 48.5 Å². The first-order valence-corrected chi connectivity index (χ1v) is 7.49. The van der Waals surface area contributed by atoms with E-state index in [0.29, 0.717) is 22.7 Å². The van der Waals surface area contributed by atoms with Gasteiger partial charge < -0.3 is 20.1 Å². The highest BCUT2D eigenvalue weighted by Gasteiger charge is 2.09. The van der Waals surface area contributed by atoms with Crippen molar-refractivity contribution in [1.82, 2.24) is 5.32 Å². The van der Waals surface area contributed by atoms with Gasteiger partial charge in [-0.3, -0.25) is 9.59 Å². The van der Waals surface area contributed by atoms with E-state index >= 15 is 0 Å². The third-order valence-corrected chi connectivity index (χ3v) is 3.34. The van der Waals surface area contributed by atoms with Crippen LogP contribution < -0.4 is 20.1 Å². The van der Waals surface area contributed by atoms with Crippen molar-refractivity contribution in [1.29, 1.82) is 0 Å². The van der Waals surface area contributed by atoms with Crippen LogP contribution in [-0.2, 0) is 4.79 Å². The predicted octanol–water partition coefficient (Wildman–Crippen LogP) is 2.46. The summed E-state index contributed by atoms with van der Waals surface area (Å²) in [7, 11) is 3.08. The Morgan fingerprint density at radius 3 is 2.33 bits per heavy atom. The molecule has 2 aromatic carbocycles. The minimum atomic E-state index is -0.200. The lowest BCUT2D eigenvalue weighted by molar-refractivity contribution is -0.116. The molecule has 0 bridgehead atoms. The standard InChI is InChI=1S/C18H20N2O4/c1-23-15-9-8-14(12-16(15)24-2)20-17(21)10-11-19-18(22)13-6-4-3-5-7-13/h3-9,12H,10-11H2,1-2H3,(H,19,22)(H,20,21). The fraction of sp³-hybridized carbons (Fsp3) is 0.222. The molecule has 0 aromatic heterocycles. The van der Waals surface area contributed by atoms with Crippen LogP contribution in [0.5, 0.6) is 11.5 Å². The van der Waals surface area contributed by atoms with Crippen molar-refractivity contribution in [2.24, 2.45) is 0 Å². The highest BCUT2D eigenvalue weighted by molar-refractivity contribution is 5.95. The molecule has 0 saturated carbocycles. The molecule has 0 spiro atoms. The SMILES string of the molecule is COc1ccc(NC(=O)CCNC(=O)c2ccccc2)cc1OC. The van der Waals surface area contributed by atoms with Crippen LogP contribution in [-0.4, -0.2) is 32.6 Å². The number of benzene rings is 2. The number of hydrogen-bond acceptors (Lipinski definition) is 4. The third kappa shape index (κ3) is 4.74. The van der Waals surface area contributed by atoms with E-state index < -0.39 is 0 Å². The first kappa shape index (κ1) is 17.3. The average Bonchev–Trinajstić information content (AvgIpc) is 2.62. The van der Waals surface area contributed by atoms with Crippen molar-refractivity contribution < 1.29 is 19.1 Å². The van der Waals surface area contributed by atoms with Crippen LogP contribution in [0.4, 0.5) is 5.69 Å². The van der Waals surface area contributed by atoms with Gasteiger partial charge in [-0.25, -0.2) is 0 Å². The number of rotatable bonds is 7.